The molecule has 1 aromatic rings. The topological polar surface area (TPSA) is 93.5 Å². The molecule has 0 aromatic heterocycles. The number of hydrogen-bond acceptors (Lipinski definition) is 4. The SMILES string of the molecule is CCOC(=O)Nc1ccc(NC(=O)[C@@H](N)C(C)(C)C)cc1. The van der Waals surface area contributed by atoms with Crippen molar-refractivity contribution in [1.29, 1.82) is 0 Å². The van der Waals surface area contributed by atoms with Gasteiger partial charge in [0.25, 0.3) is 0 Å². The lowest BCUT2D eigenvalue weighted by Gasteiger charge is -2.25. The summed E-state index contributed by atoms with van der Waals surface area (Å²) in [6, 6.07) is 6.13. The van der Waals surface area contributed by atoms with Crippen LogP contribution in [0.1, 0.15) is 27.7 Å². The van der Waals surface area contributed by atoms with Gasteiger partial charge in [0.2, 0.25) is 5.91 Å². The van der Waals surface area contributed by atoms with Crippen molar-refractivity contribution in [3.05, 3.63) is 24.3 Å². The minimum absolute atomic E-state index is 0.242. The van der Waals surface area contributed by atoms with E-state index in [-0.39, 0.29) is 11.3 Å². The fraction of sp³-hybridized carbons (Fsp3) is 0.467. The van der Waals surface area contributed by atoms with Crippen LogP contribution >= 0.6 is 0 Å². The lowest BCUT2D eigenvalue weighted by atomic mass is 9.87. The first-order valence-corrected chi connectivity index (χ1v) is 6.84. The zero-order valence-corrected chi connectivity index (χ0v) is 12.9. The Hall–Kier alpha value is -2.08. The van der Waals surface area contributed by atoms with Crippen LogP contribution in [0.2, 0.25) is 0 Å². The number of nitrogens with two attached hydrogens (primary N) is 1. The van der Waals surface area contributed by atoms with E-state index in [0.717, 1.165) is 0 Å². The van der Waals surface area contributed by atoms with Crippen LogP contribution in [0.3, 0.4) is 0 Å². The minimum Gasteiger partial charge on any atom is -0.450 e. The number of carbonyl (C=O) groups excluding carboxylic acids is 2. The van der Waals surface area contributed by atoms with E-state index >= 15 is 0 Å². The Bertz CT molecular complexity index is 492. The summed E-state index contributed by atoms with van der Waals surface area (Å²) in [5.74, 6) is -0.242. The summed E-state index contributed by atoms with van der Waals surface area (Å²) in [4.78, 5) is 23.2. The number of hydrogen-bond donors (Lipinski definition) is 3. The Kier molecular flexibility index (Phi) is 5.72. The highest BCUT2D eigenvalue weighted by Crippen LogP contribution is 2.19. The van der Waals surface area contributed by atoms with Gasteiger partial charge in [-0.15, -0.1) is 0 Å². The number of ether oxygens (including phenoxy) is 1. The maximum absolute atomic E-state index is 12.0. The monoisotopic (exact) mass is 293 g/mol. The van der Waals surface area contributed by atoms with Gasteiger partial charge in [0.1, 0.15) is 0 Å². The molecule has 0 aliphatic rings. The molecule has 21 heavy (non-hydrogen) atoms. The first kappa shape index (κ1) is 17.0. The Morgan fingerprint density at radius 3 is 2.05 bits per heavy atom. The third-order valence-electron chi connectivity index (χ3n) is 2.89. The highest BCUT2D eigenvalue weighted by molar-refractivity contribution is 5.95. The summed E-state index contributed by atoms with van der Waals surface area (Å²) in [7, 11) is 0. The van der Waals surface area contributed by atoms with Crippen molar-refractivity contribution in [2.75, 3.05) is 17.2 Å². The first-order chi connectivity index (χ1) is 9.74. The van der Waals surface area contributed by atoms with Crippen molar-refractivity contribution in [2.45, 2.75) is 33.7 Å². The van der Waals surface area contributed by atoms with E-state index in [2.05, 4.69) is 10.6 Å². The molecule has 0 spiro atoms. The average molecular weight is 293 g/mol. The number of benzene rings is 1. The number of nitrogens with one attached hydrogen (secondary N) is 2. The number of amides is 2. The molecule has 0 saturated carbocycles. The van der Waals surface area contributed by atoms with Gasteiger partial charge in [0.05, 0.1) is 12.6 Å². The molecule has 0 heterocycles. The van der Waals surface area contributed by atoms with Crippen LogP contribution in [-0.2, 0) is 9.53 Å². The second-order valence-corrected chi connectivity index (χ2v) is 5.76. The van der Waals surface area contributed by atoms with Gasteiger partial charge >= 0.3 is 6.09 Å². The lowest BCUT2D eigenvalue weighted by Crippen LogP contribution is -2.45. The van der Waals surface area contributed by atoms with E-state index < -0.39 is 12.1 Å². The Labute approximate surface area is 125 Å². The molecule has 1 aromatic carbocycles. The Morgan fingerprint density at radius 1 is 1.14 bits per heavy atom. The summed E-state index contributed by atoms with van der Waals surface area (Å²) in [6.45, 7) is 7.76. The molecule has 0 aliphatic carbocycles. The Morgan fingerprint density at radius 2 is 1.62 bits per heavy atom. The van der Waals surface area contributed by atoms with Crippen molar-refractivity contribution in [2.24, 2.45) is 11.1 Å². The van der Waals surface area contributed by atoms with Crippen LogP contribution in [0.25, 0.3) is 0 Å². The van der Waals surface area contributed by atoms with Gasteiger partial charge in [-0.05, 0) is 36.6 Å². The zero-order chi connectivity index (χ0) is 16.0. The van der Waals surface area contributed by atoms with Gasteiger partial charge < -0.3 is 15.8 Å². The molecule has 0 radical (unpaired) electrons. The van der Waals surface area contributed by atoms with Gasteiger partial charge in [-0.2, -0.15) is 0 Å². The molecule has 116 valence electrons. The number of rotatable bonds is 4. The van der Waals surface area contributed by atoms with Crippen LogP contribution in [0, 0.1) is 5.41 Å². The minimum atomic E-state index is -0.602. The van der Waals surface area contributed by atoms with Crippen LogP contribution in [0.15, 0.2) is 24.3 Å². The highest BCUT2D eigenvalue weighted by atomic mass is 16.5. The Balaban J connectivity index is 2.63. The second-order valence-electron chi connectivity index (χ2n) is 5.76. The lowest BCUT2D eigenvalue weighted by molar-refractivity contribution is -0.119. The number of carbonyl (C=O) groups is 2. The van der Waals surface area contributed by atoms with E-state index in [9.17, 15) is 9.59 Å². The first-order valence-electron chi connectivity index (χ1n) is 6.84. The molecule has 0 fully saturated rings. The summed E-state index contributed by atoms with van der Waals surface area (Å²) < 4.78 is 4.77. The van der Waals surface area contributed by atoms with Crippen LogP contribution in [-0.4, -0.2) is 24.6 Å². The quantitative estimate of drug-likeness (QED) is 0.795. The van der Waals surface area contributed by atoms with Gasteiger partial charge in [-0.3, -0.25) is 10.1 Å². The molecule has 0 unspecified atom stereocenters. The molecule has 0 saturated heterocycles. The summed E-state index contributed by atoms with van der Waals surface area (Å²) in [6.07, 6.45) is -0.510. The van der Waals surface area contributed by atoms with Crippen molar-refractivity contribution in [1.82, 2.24) is 0 Å². The summed E-state index contributed by atoms with van der Waals surface area (Å²) in [5, 5.41) is 5.32. The summed E-state index contributed by atoms with van der Waals surface area (Å²) in [5.41, 5.74) is 6.78. The van der Waals surface area contributed by atoms with Gasteiger partial charge in [-0.25, -0.2) is 4.79 Å². The van der Waals surface area contributed by atoms with Crippen molar-refractivity contribution < 1.29 is 14.3 Å². The predicted molar refractivity (Wildman–Crippen MR) is 83.1 cm³/mol. The van der Waals surface area contributed by atoms with E-state index in [1.165, 1.54) is 0 Å². The van der Waals surface area contributed by atoms with Gasteiger partial charge in [-0.1, -0.05) is 20.8 Å². The van der Waals surface area contributed by atoms with Crippen LogP contribution in [0.5, 0.6) is 0 Å². The van der Waals surface area contributed by atoms with Crippen LogP contribution in [0.4, 0.5) is 16.2 Å². The maximum atomic E-state index is 12.0. The molecule has 6 heteroatoms. The molecule has 0 aliphatic heterocycles. The van der Waals surface area contributed by atoms with E-state index in [0.29, 0.717) is 18.0 Å². The number of anilines is 2. The molecule has 1 rings (SSSR count). The molecule has 6 nitrogen and oxygen atoms in total. The molecule has 4 N–H and O–H groups in total. The van der Waals surface area contributed by atoms with E-state index in [1.807, 2.05) is 20.8 Å². The van der Waals surface area contributed by atoms with Gasteiger partial charge in [0, 0.05) is 11.4 Å². The largest absolute Gasteiger partial charge is 0.450 e. The van der Waals surface area contributed by atoms with Crippen molar-refractivity contribution in [3.63, 3.8) is 0 Å². The fourth-order valence-corrected chi connectivity index (χ4v) is 1.54. The van der Waals surface area contributed by atoms with Crippen LogP contribution < -0.4 is 16.4 Å². The third-order valence-corrected chi connectivity index (χ3v) is 2.89. The van der Waals surface area contributed by atoms with E-state index in [4.69, 9.17) is 10.5 Å². The van der Waals surface area contributed by atoms with Crippen molar-refractivity contribution >= 4 is 23.4 Å². The zero-order valence-electron chi connectivity index (χ0n) is 12.9. The second kappa shape index (κ2) is 7.08. The van der Waals surface area contributed by atoms with E-state index in [1.54, 1.807) is 31.2 Å². The smallest absolute Gasteiger partial charge is 0.411 e. The molecular formula is C15H23N3O3. The average Bonchev–Trinajstić information content (AvgIpc) is 2.39. The molecular weight excluding hydrogens is 270 g/mol. The van der Waals surface area contributed by atoms with Gasteiger partial charge in [0.15, 0.2) is 0 Å². The van der Waals surface area contributed by atoms with Crippen molar-refractivity contribution in [3.8, 4) is 0 Å². The summed E-state index contributed by atoms with van der Waals surface area (Å²) >= 11 is 0. The third kappa shape index (κ3) is 5.43. The molecule has 1 atom stereocenters. The molecule has 2 amide bonds. The highest BCUT2D eigenvalue weighted by Gasteiger charge is 2.27. The molecule has 0 bridgehead atoms. The normalized spacial score (nSPS) is 12.4. The standard InChI is InChI=1S/C15H23N3O3/c1-5-21-14(20)18-11-8-6-10(7-9-11)17-13(19)12(16)15(2,3)4/h6-9,12H,5,16H2,1-4H3,(H,17,19)(H,18,20)/t12-/m1/s1. The maximum Gasteiger partial charge on any atom is 0.411 e. The predicted octanol–water partition coefficient (Wildman–Crippen LogP) is 2.57. The fourth-order valence-electron chi connectivity index (χ4n) is 1.54.